The van der Waals surface area contributed by atoms with Crippen molar-refractivity contribution in [3.63, 3.8) is 0 Å². The Morgan fingerprint density at radius 2 is 1.92 bits per heavy atom. The SMILES string of the molecule is COc1nc(C(=O)NC2CC(O)CN(C3c4ccccc4-c4ccc(F)cc43)C2)ccc1-n1cnc(C)c1. The first-order valence-corrected chi connectivity index (χ1v) is 12.6. The van der Waals surface area contributed by atoms with Crippen LogP contribution in [0.2, 0.25) is 0 Å². The van der Waals surface area contributed by atoms with E-state index in [0.717, 1.165) is 27.9 Å². The zero-order chi connectivity index (χ0) is 26.4. The number of aliphatic hydroxyl groups is 1. The molecule has 2 aliphatic rings. The molecule has 1 saturated heterocycles. The number of hydrogen-bond acceptors (Lipinski definition) is 6. The molecule has 3 atom stereocenters. The Bertz CT molecular complexity index is 1520. The number of carbonyl (C=O) groups is 1. The van der Waals surface area contributed by atoms with Gasteiger partial charge in [-0.1, -0.05) is 30.3 Å². The number of nitrogens with one attached hydrogen (secondary N) is 1. The van der Waals surface area contributed by atoms with E-state index >= 15 is 0 Å². The van der Waals surface area contributed by atoms with Gasteiger partial charge < -0.3 is 19.7 Å². The Morgan fingerprint density at radius 3 is 2.71 bits per heavy atom. The molecular weight excluding hydrogens is 485 g/mol. The number of nitrogens with zero attached hydrogens (tertiary/aromatic N) is 4. The van der Waals surface area contributed by atoms with Crippen molar-refractivity contribution in [2.45, 2.75) is 31.5 Å². The van der Waals surface area contributed by atoms with Crippen molar-refractivity contribution in [3.05, 3.63) is 95.5 Å². The van der Waals surface area contributed by atoms with Crippen LogP contribution in [0.4, 0.5) is 4.39 Å². The second-order valence-corrected chi connectivity index (χ2v) is 9.88. The molecule has 3 heterocycles. The molecule has 2 aromatic carbocycles. The van der Waals surface area contributed by atoms with Crippen molar-refractivity contribution in [3.8, 4) is 22.7 Å². The number of fused-ring (bicyclic) bond motifs is 3. The smallest absolute Gasteiger partial charge is 0.270 e. The molecule has 2 N–H and O–H groups in total. The predicted molar refractivity (Wildman–Crippen MR) is 140 cm³/mol. The van der Waals surface area contributed by atoms with Crippen LogP contribution in [0.1, 0.15) is 39.8 Å². The molecular formula is C29H28FN5O3. The van der Waals surface area contributed by atoms with Crippen LogP contribution < -0.4 is 10.1 Å². The van der Waals surface area contributed by atoms with Gasteiger partial charge in [-0.15, -0.1) is 0 Å². The van der Waals surface area contributed by atoms with Crippen LogP contribution in [0.3, 0.4) is 0 Å². The van der Waals surface area contributed by atoms with Gasteiger partial charge in [-0.3, -0.25) is 9.69 Å². The summed E-state index contributed by atoms with van der Waals surface area (Å²) in [5, 5.41) is 13.8. The third-order valence-electron chi connectivity index (χ3n) is 7.27. The first-order valence-electron chi connectivity index (χ1n) is 12.6. The molecule has 4 aromatic rings. The highest BCUT2D eigenvalue weighted by molar-refractivity contribution is 5.93. The molecule has 9 heteroatoms. The van der Waals surface area contributed by atoms with E-state index < -0.39 is 6.10 Å². The van der Waals surface area contributed by atoms with Crippen LogP contribution in [0.15, 0.2) is 67.1 Å². The Labute approximate surface area is 219 Å². The Morgan fingerprint density at radius 1 is 1.11 bits per heavy atom. The van der Waals surface area contributed by atoms with Gasteiger partial charge in [0.2, 0.25) is 5.88 Å². The number of amides is 1. The van der Waals surface area contributed by atoms with E-state index in [1.807, 2.05) is 43.5 Å². The number of aromatic nitrogens is 3. The van der Waals surface area contributed by atoms with E-state index in [-0.39, 0.29) is 29.5 Å². The number of halogens is 1. The number of ether oxygens (including phenoxy) is 1. The van der Waals surface area contributed by atoms with E-state index in [1.165, 1.54) is 13.2 Å². The van der Waals surface area contributed by atoms with E-state index in [2.05, 4.69) is 20.2 Å². The minimum absolute atomic E-state index is 0.206. The first kappa shape index (κ1) is 24.3. The molecule has 0 bridgehead atoms. The molecule has 6 rings (SSSR count). The fourth-order valence-corrected chi connectivity index (χ4v) is 5.69. The second kappa shape index (κ2) is 9.66. The monoisotopic (exact) mass is 513 g/mol. The standard InChI is InChI=1S/C29H28FN5O3/c1-17-13-35(16-31-17)26-10-9-25(33-29(26)38-2)28(37)32-19-12-20(36)15-34(14-19)27-23-6-4-3-5-21(23)22-8-7-18(30)11-24(22)27/h3-11,13,16,19-20,27,36H,12,14-15H2,1-2H3,(H,32,37). The summed E-state index contributed by atoms with van der Waals surface area (Å²) in [5.41, 5.74) is 5.76. The molecule has 1 aliphatic carbocycles. The minimum atomic E-state index is -0.645. The van der Waals surface area contributed by atoms with Gasteiger partial charge in [0, 0.05) is 25.3 Å². The molecule has 38 heavy (non-hydrogen) atoms. The summed E-state index contributed by atoms with van der Waals surface area (Å²) in [6.45, 7) is 2.81. The average Bonchev–Trinajstić information content (AvgIpc) is 3.48. The van der Waals surface area contributed by atoms with Gasteiger partial charge in [-0.2, -0.15) is 0 Å². The van der Waals surface area contributed by atoms with Crippen LogP contribution in [0.5, 0.6) is 5.88 Å². The summed E-state index contributed by atoms with van der Waals surface area (Å²) < 4.78 is 21.5. The fourth-order valence-electron chi connectivity index (χ4n) is 5.69. The number of benzene rings is 2. The van der Waals surface area contributed by atoms with Gasteiger partial charge in [0.1, 0.15) is 17.2 Å². The molecule has 0 saturated carbocycles. The lowest BCUT2D eigenvalue weighted by atomic mass is 9.96. The summed E-state index contributed by atoms with van der Waals surface area (Å²) in [4.78, 5) is 24.0. The number of likely N-dealkylation sites (tertiary alicyclic amines) is 1. The van der Waals surface area contributed by atoms with Crippen molar-refractivity contribution < 1.29 is 19.0 Å². The van der Waals surface area contributed by atoms with E-state index in [0.29, 0.717) is 31.1 Å². The van der Waals surface area contributed by atoms with Crippen LogP contribution in [-0.4, -0.2) is 62.8 Å². The highest BCUT2D eigenvalue weighted by Crippen LogP contribution is 2.47. The van der Waals surface area contributed by atoms with Gasteiger partial charge in [0.05, 0.1) is 31.3 Å². The van der Waals surface area contributed by atoms with Crippen molar-refractivity contribution >= 4 is 5.91 Å². The third-order valence-corrected chi connectivity index (χ3v) is 7.27. The number of imidazole rings is 1. The lowest BCUT2D eigenvalue weighted by molar-refractivity contribution is 0.0366. The maximum Gasteiger partial charge on any atom is 0.270 e. The third kappa shape index (κ3) is 4.33. The van der Waals surface area contributed by atoms with Gasteiger partial charge in [0.15, 0.2) is 0 Å². The van der Waals surface area contributed by atoms with Crippen LogP contribution in [0.25, 0.3) is 16.8 Å². The maximum absolute atomic E-state index is 14.3. The molecule has 1 aliphatic heterocycles. The highest BCUT2D eigenvalue weighted by atomic mass is 19.1. The molecule has 1 fully saturated rings. The largest absolute Gasteiger partial charge is 0.479 e. The average molecular weight is 514 g/mol. The Kier molecular flexibility index (Phi) is 6.17. The number of aryl methyl sites for hydroxylation is 1. The Balaban J connectivity index is 1.24. The van der Waals surface area contributed by atoms with Crippen molar-refractivity contribution in [2.24, 2.45) is 0 Å². The molecule has 0 spiro atoms. The lowest BCUT2D eigenvalue weighted by Gasteiger charge is -2.40. The van der Waals surface area contributed by atoms with Crippen molar-refractivity contribution in [1.29, 1.82) is 0 Å². The molecule has 194 valence electrons. The maximum atomic E-state index is 14.3. The second-order valence-electron chi connectivity index (χ2n) is 9.88. The number of piperidine rings is 1. The molecule has 8 nitrogen and oxygen atoms in total. The van der Waals surface area contributed by atoms with Crippen LogP contribution in [-0.2, 0) is 0 Å². The van der Waals surface area contributed by atoms with E-state index in [4.69, 9.17) is 4.74 Å². The number of β-amino-alcohol motifs (C(OH)–C–C–N with tert-alkyl or cyclic N) is 1. The van der Waals surface area contributed by atoms with Gasteiger partial charge in [-0.25, -0.2) is 14.4 Å². The Hall–Kier alpha value is -4.08. The number of carbonyl (C=O) groups excluding carboxylic acids is 1. The van der Waals surface area contributed by atoms with Crippen LogP contribution in [0, 0.1) is 12.7 Å². The highest BCUT2D eigenvalue weighted by Gasteiger charge is 2.38. The summed E-state index contributed by atoms with van der Waals surface area (Å²) >= 11 is 0. The number of hydrogen-bond donors (Lipinski definition) is 2. The van der Waals surface area contributed by atoms with Gasteiger partial charge >= 0.3 is 0 Å². The minimum Gasteiger partial charge on any atom is -0.479 e. The number of pyridine rings is 1. The van der Waals surface area contributed by atoms with Crippen LogP contribution >= 0.6 is 0 Å². The van der Waals surface area contributed by atoms with Gasteiger partial charge in [0.25, 0.3) is 5.91 Å². The van der Waals surface area contributed by atoms with E-state index in [1.54, 1.807) is 29.1 Å². The van der Waals surface area contributed by atoms with Crippen molar-refractivity contribution in [1.82, 2.24) is 24.8 Å². The summed E-state index contributed by atoms with van der Waals surface area (Å²) in [5.74, 6) is -0.339. The normalized spacial score (nSPS) is 20.6. The van der Waals surface area contributed by atoms with Gasteiger partial charge in [-0.05, 0) is 59.9 Å². The number of aliphatic hydroxyl groups excluding tert-OH is 1. The number of rotatable bonds is 5. The molecule has 3 unspecified atom stereocenters. The molecule has 1 amide bonds. The zero-order valence-electron chi connectivity index (χ0n) is 21.1. The predicted octanol–water partition coefficient (Wildman–Crippen LogP) is 3.66. The number of methoxy groups -OCH3 is 1. The molecule has 0 radical (unpaired) electrons. The lowest BCUT2D eigenvalue weighted by Crippen LogP contribution is -2.53. The summed E-state index contributed by atoms with van der Waals surface area (Å²) in [6, 6.07) is 15.8. The summed E-state index contributed by atoms with van der Waals surface area (Å²) in [7, 11) is 1.51. The zero-order valence-corrected chi connectivity index (χ0v) is 21.1. The molecule has 2 aromatic heterocycles. The van der Waals surface area contributed by atoms with Crippen molar-refractivity contribution in [2.75, 3.05) is 20.2 Å². The van der Waals surface area contributed by atoms with E-state index in [9.17, 15) is 14.3 Å². The fraction of sp³-hybridized carbons (Fsp3) is 0.276. The first-order chi connectivity index (χ1) is 18.4. The topological polar surface area (TPSA) is 92.5 Å². The summed E-state index contributed by atoms with van der Waals surface area (Å²) in [6.07, 6.45) is 3.28. The quantitative estimate of drug-likeness (QED) is 0.423.